The fourth-order valence-electron chi connectivity index (χ4n) is 7.23. The molecule has 0 amide bonds. The topological polar surface area (TPSA) is 104 Å². The lowest BCUT2D eigenvalue weighted by molar-refractivity contribution is -0.191. The molecule has 0 radical (unpaired) electrons. The van der Waals surface area contributed by atoms with Crippen LogP contribution in [0.4, 0.5) is 0 Å². The van der Waals surface area contributed by atoms with Gasteiger partial charge in [0.15, 0.2) is 18.0 Å². The van der Waals surface area contributed by atoms with Crippen LogP contribution in [0.15, 0.2) is 23.8 Å². The summed E-state index contributed by atoms with van der Waals surface area (Å²) in [6.07, 6.45) is 7.60. The molecule has 0 aromatic carbocycles. The molecule has 7 heteroatoms. The summed E-state index contributed by atoms with van der Waals surface area (Å²) in [6.45, 7) is 5.90. The van der Waals surface area contributed by atoms with Crippen molar-refractivity contribution in [1.82, 2.24) is 0 Å². The predicted octanol–water partition coefficient (Wildman–Crippen LogP) is 2.91. The van der Waals surface area contributed by atoms with Crippen LogP contribution in [-0.2, 0) is 33.4 Å². The molecule has 0 heterocycles. The van der Waals surface area contributed by atoms with Crippen LogP contribution in [0, 0.1) is 28.6 Å². The van der Waals surface area contributed by atoms with Gasteiger partial charge in [0.1, 0.15) is 5.78 Å². The molecule has 0 saturated heterocycles. The van der Waals surface area contributed by atoms with Gasteiger partial charge in [-0.3, -0.25) is 24.0 Å². The molecule has 32 heavy (non-hydrogen) atoms. The summed E-state index contributed by atoms with van der Waals surface area (Å²) in [5.74, 6) is -1.93. The maximum Gasteiger partial charge on any atom is 0.303 e. The van der Waals surface area contributed by atoms with Gasteiger partial charge in [-0.2, -0.15) is 0 Å². The van der Waals surface area contributed by atoms with Crippen LogP contribution in [0.3, 0.4) is 0 Å². The van der Waals surface area contributed by atoms with Crippen LogP contribution in [0.1, 0.15) is 59.8 Å². The van der Waals surface area contributed by atoms with Crippen LogP contribution >= 0.6 is 0 Å². The summed E-state index contributed by atoms with van der Waals surface area (Å²) in [4.78, 5) is 62.4. The van der Waals surface area contributed by atoms with Crippen molar-refractivity contribution in [2.75, 3.05) is 6.61 Å². The zero-order chi connectivity index (χ0) is 23.5. The fourth-order valence-corrected chi connectivity index (χ4v) is 7.23. The standard InChI is InChI=1S/C25H30O7/c1-14(26)31-13-21(30)25(32-15(2)27)10-8-19-18-6-5-16-11-17(28)7-9-23(16,3)22(18)20(29)12-24(19,25)4/h7,9,11,18-19,22H,5-6,8,10,12-13H2,1-4H3/t18-,19+,22+,23-,24+,25+/m1/s1. The normalized spacial score (nSPS) is 40.0. The van der Waals surface area contributed by atoms with E-state index in [0.29, 0.717) is 12.8 Å². The van der Waals surface area contributed by atoms with Gasteiger partial charge < -0.3 is 9.47 Å². The van der Waals surface area contributed by atoms with Crippen molar-refractivity contribution < 1.29 is 33.4 Å². The van der Waals surface area contributed by atoms with Crippen molar-refractivity contribution in [2.45, 2.75) is 65.4 Å². The smallest absolute Gasteiger partial charge is 0.303 e. The van der Waals surface area contributed by atoms with E-state index >= 15 is 0 Å². The van der Waals surface area contributed by atoms with Crippen LogP contribution in [0.25, 0.3) is 0 Å². The molecule has 6 atom stereocenters. The van der Waals surface area contributed by atoms with Crippen molar-refractivity contribution in [2.24, 2.45) is 28.6 Å². The van der Waals surface area contributed by atoms with E-state index in [2.05, 4.69) is 0 Å². The number of hydrogen-bond acceptors (Lipinski definition) is 7. The number of carbonyl (C=O) groups excluding carboxylic acids is 5. The van der Waals surface area contributed by atoms with Gasteiger partial charge in [0.05, 0.1) is 0 Å². The zero-order valence-electron chi connectivity index (χ0n) is 19.1. The van der Waals surface area contributed by atoms with Crippen molar-refractivity contribution >= 4 is 29.3 Å². The average molecular weight is 443 g/mol. The molecule has 4 rings (SSSR count). The molecule has 0 aromatic heterocycles. The zero-order valence-corrected chi connectivity index (χ0v) is 19.1. The number of ether oxygens (including phenoxy) is 2. The highest BCUT2D eigenvalue weighted by atomic mass is 16.6. The molecule has 0 aliphatic heterocycles. The van der Waals surface area contributed by atoms with Crippen molar-refractivity contribution in [3.05, 3.63) is 23.8 Å². The summed E-state index contributed by atoms with van der Waals surface area (Å²) in [5.41, 5.74) is -1.88. The average Bonchev–Trinajstić information content (AvgIpc) is 2.98. The number of ketones is 3. The lowest BCUT2D eigenvalue weighted by Crippen LogP contribution is -2.62. The summed E-state index contributed by atoms with van der Waals surface area (Å²) < 4.78 is 10.7. The van der Waals surface area contributed by atoms with Gasteiger partial charge in [-0.1, -0.05) is 25.5 Å². The molecule has 4 aliphatic carbocycles. The number of Topliss-reactive ketones (excluding diaryl/α,β-unsaturated/α-hetero) is 2. The summed E-state index contributed by atoms with van der Waals surface area (Å²) in [6, 6.07) is 0. The van der Waals surface area contributed by atoms with E-state index in [1.807, 2.05) is 19.9 Å². The van der Waals surface area contributed by atoms with Crippen LogP contribution in [0.2, 0.25) is 0 Å². The first kappa shape index (κ1) is 22.6. The minimum absolute atomic E-state index is 0.00442. The third kappa shape index (κ3) is 3.11. The van der Waals surface area contributed by atoms with Crippen LogP contribution in [0.5, 0.6) is 0 Å². The second-order valence-electron chi connectivity index (χ2n) is 10.2. The Hall–Kier alpha value is -2.57. The van der Waals surface area contributed by atoms with Crippen molar-refractivity contribution in [3.8, 4) is 0 Å². The van der Waals surface area contributed by atoms with E-state index in [9.17, 15) is 24.0 Å². The van der Waals surface area contributed by atoms with Gasteiger partial charge in [0.2, 0.25) is 5.78 Å². The number of fused-ring (bicyclic) bond motifs is 5. The Bertz CT molecular complexity index is 975. The number of hydrogen-bond donors (Lipinski definition) is 0. The van der Waals surface area contributed by atoms with Gasteiger partial charge in [0.25, 0.3) is 0 Å². The molecule has 0 bridgehead atoms. The van der Waals surface area contributed by atoms with E-state index in [1.54, 1.807) is 12.2 Å². The second kappa shape index (κ2) is 7.49. The second-order valence-corrected chi connectivity index (χ2v) is 10.2. The van der Waals surface area contributed by atoms with Gasteiger partial charge in [-0.15, -0.1) is 0 Å². The van der Waals surface area contributed by atoms with E-state index in [4.69, 9.17) is 9.47 Å². The predicted molar refractivity (Wildman–Crippen MR) is 113 cm³/mol. The monoisotopic (exact) mass is 442 g/mol. The Morgan fingerprint density at radius 3 is 2.47 bits per heavy atom. The Kier molecular flexibility index (Phi) is 5.30. The van der Waals surface area contributed by atoms with Gasteiger partial charge in [0, 0.05) is 37.0 Å². The fraction of sp³-hybridized carbons (Fsp3) is 0.640. The van der Waals surface area contributed by atoms with Gasteiger partial charge >= 0.3 is 11.9 Å². The molecule has 3 saturated carbocycles. The lowest BCUT2D eigenvalue weighted by atomic mass is 9.46. The summed E-state index contributed by atoms with van der Waals surface area (Å²) >= 11 is 0. The Balaban J connectivity index is 1.74. The van der Waals surface area contributed by atoms with E-state index in [0.717, 1.165) is 18.4 Å². The number of carbonyl (C=O) groups is 5. The SMILES string of the molecule is CC(=O)OCC(=O)[C@@]1(OC(C)=O)CC[C@H]2[C@H]3CCC4=CC(=O)C=C[C@@]4(C)[C@@H]3C(=O)C[C@@]21C. The third-order valence-corrected chi connectivity index (χ3v) is 8.55. The first-order valence-corrected chi connectivity index (χ1v) is 11.3. The first-order chi connectivity index (χ1) is 14.9. The van der Waals surface area contributed by atoms with E-state index in [-0.39, 0.29) is 35.7 Å². The minimum atomic E-state index is -1.49. The molecule has 0 aromatic rings. The summed E-state index contributed by atoms with van der Waals surface area (Å²) in [5, 5.41) is 0. The number of rotatable bonds is 4. The number of allylic oxidation sites excluding steroid dienone is 4. The van der Waals surface area contributed by atoms with E-state index < -0.39 is 40.8 Å². The van der Waals surface area contributed by atoms with Gasteiger partial charge in [-0.25, -0.2) is 0 Å². The maximum absolute atomic E-state index is 13.7. The van der Waals surface area contributed by atoms with E-state index in [1.165, 1.54) is 13.8 Å². The van der Waals surface area contributed by atoms with Gasteiger partial charge in [-0.05, 0) is 49.7 Å². The maximum atomic E-state index is 13.7. The van der Waals surface area contributed by atoms with Crippen LogP contribution in [-0.4, -0.2) is 41.5 Å². The molecule has 4 aliphatic rings. The highest BCUT2D eigenvalue weighted by Crippen LogP contribution is 2.66. The highest BCUT2D eigenvalue weighted by Gasteiger charge is 2.70. The molecule has 0 spiro atoms. The van der Waals surface area contributed by atoms with Crippen molar-refractivity contribution in [3.63, 3.8) is 0 Å². The lowest BCUT2D eigenvalue weighted by Gasteiger charge is -2.57. The summed E-state index contributed by atoms with van der Waals surface area (Å²) in [7, 11) is 0. The Morgan fingerprint density at radius 2 is 1.81 bits per heavy atom. The molecule has 0 unspecified atom stereocenters. The van der Waals surface area contributed by atoms with Crippen LogP contribution < -0.4 is 0 Å². The molecular formula is C25H30O7. The molecule has 0 N–H and O–H groups in total. The molecule has 7 nitrogen and oxygen atoms in total. The first-order valence-electron chi connectivity index (χ1n) is 11.3. The quantitative estimate of drug-likeness (QED) is 0.617. The largest absolute Gasteiger partial charge is 0.458 e. The Labute approximate surface area is 187 Å². The molecular weight excluding hydrogens is 412 g/mol. The highest BCUT2D eigenvalue weighted by molar-refractivity contribution is 6.02. The number of esters is 2. The minimum Gasteiger partial charge on any atom is -0.458 e. The molecule has 3 fully saturated rings. The Morgan fingerprint density at radius 1 is 1.09 bits per heavy atom. The molecule has 172 valence electrons. The third-order valence-electron chi connectivity index (χ3n) is 8.55. The van der Waals surface area contributed by atoms with Crippen molar-refractivity contribution in [1.29, 1.82) is 0 Å².